The van der Waals surface area contributed by atoms with E-state index in [4.69, 9.17) is 0 Å². The number of fused-ring (bicyclic) bond motifs is 3. The van der Waals surface area contributed by atoms with Crippen LogP contribution in [0.25, 0.3) is 76.8 Å². The summed E-state index contributed by atoms with van der Waals surface area (Å²) in [5.74, 6) is 0. The molecule has 0 radical (unpaired) electrons. The number of hydrogen-bond donors (Lipinski definition) is 0. The van der Waals surface area contributed by atoms with Gasteiger partial charge in [-0.25, -0.2) is 0 Å². The average molecular weight is 603 g/mol. The molecule has 0 saturated carbocycles. The standard InChI is InChI=1S/C47H38/c1-29-30(2)32(4)45(33(5)31(29)3)38-26-27-43-44(28-38)47(40-21-13-17-36-16-9-10-18-39(36)40)42-20-12-11-19-41(42)46(43)37-24-22-35(23-25-37)34-14-7-6-8-15-34/h6-28H,1-5H3. The smallest absolute Gasteiger partial charge is 0.00199 e. The van der Waals surface area contributed by atoms with Crippen LogP contribution in [0.15, 0.2) is 140 Å². The molecule has 0 heterocycles. The minimum atomic E-state index is 1.23. The van der Waals surface area contributed by atoms with Crippen LogP contribution in [0.1, 0.15) is 27.8 Å². The predicted octanol–water partition coefficient (Wildman–Crippen LogP) is 13.4. The van der Waals surface area contributed by atoms with Crippen molar-refractivity contribution in [2.45, 2.75) is 34.6 Å². The summed E-state index contributed by atoms with van der Waals surface area (Å²) in [6.45, 7) is 11.4. The minimum absolute atomic E-state index is 1.23. The summed E-state index contributed by atoms with van der Waals surface area (Å²) in [6, 6.07) is 51.5. The van der Waals surface area contributed by atoms with Gasteiger partial charge in [0.15, 0.2) is 0 Å². The SMILES string of the molecule is Cc1c(C)c(C)c(-c2ccc3c(-c4ccc(-c5ccccc5)cc4)c4ccccc4c(-c4cccc5ccccc45)c3c2)c(C)c1C. The summed E-state index contributed by atoms with van der Waals surface area (Å²) in [4.78, 5) is 0. The average Bonchev–Trinajstić information content (AvgIpc) is 3.12. The van der Waals surface area contributed by atoms with Gasteiger partial charge in [-0.15, -0.1) is 0 Å². The first-order valence-electron chi connectivity index (χ1n) is 16.6. The molecule has 0 saturated heterocycles. The highest BCUT2D eigenvalue weighted by molar-refractivity contribution is 6.24. The van der Waals surface area contributed by atoms with Crippen LogP contribution < -0.4 is 0 Å². The van der Waals surface area contributed by atoms with E-state index >= 15 is 0 Å². The molecule has 0 unspecified atom stereocenters. The zero-order valence-corrected chi connectivity index (χ0v) is 27.8. The maximum absolute atomic E-state index is 2.48. The lowest BCUT2D eigenvalue weighted by Crippen LogP contribution is -2.00. The largest absolute Gasteiger partial charge is 0.0622 e. The molecule has 0 heteroatoms. The van der Waals surface area contributed by atoms with Crippen molar-refractivity contribution >= 4 is 32.3 Å². The lowest BCUT2D eigenvalue weighted by Gasteiger charge is -2.22. The lowest BCUT2D eigenvalue weighted by molar-refractivity contribution is 1.18. The fourth-order valence-corrected chi connectivity index (χ4v) is 7.77. The molecule has 47 heavy (non-hydrogen) atoms. The molecule has 0 atom stereocenters. The summed E-state index contributed by atoms with van der Waals surface area (Å²) in [6.07, 6.45) is 0. The third kappa shape index (κ3) is 4.67. The second-order valence-corrected chi connectivity index (χ2v) is 13.0. The fraction of sp³-hybridized carbons (Fsp3) is 0.106. The van der Waals surface area contributed by atoms with Crippen LogP contribution in [-0.2, 0) is 0 Å². The van der Waals surface area contributed by atoms with Gasteiger partial charge < -0.3 is 0 Å². The Morgan fingerprint density at radius 2 is 0.766 bits per heavy atom. The zero-order valence-electron chi connectivity index (χ0n) is 27.8. The highest BCUT2D eigenvalue weighted by Gasteiger charge is 2.20. The zero-order chi connectivity index (χ0) is 32.2. The van der Waals surface area contributed by atoms with E-state index in [1.165, 1.54) is 105 Å². The molecule has 226 valence electrons. The molecule has 8 aromatic carbocycles. The van der Waals surface area contributed by atoms with Crippen molar-refractivity contribution < 1.29 is 0 Å². The molecule has 0 amide bonds. The van der Waals surface area contributed by atoms with E-state index < -0.39 is 0 Å². The Balaban J connectivity index is 1.49. The van der Waals surface area contributed by atoms with Crippen molar-refractivity contribution in [1.82, 2.24) is 0 Å². The summed E-state index contributed by atoms with van der Waals surface area (Å²) < 4.78 is 0. The van der Waals surface area contributed by atoms with E-state index in [1.807, 2.05) is 0 Å². The maximum Gasteiger partial charge on any atom is -0.00199 e. The normalized spacial score (nSPS) is 11.5. The first-order chi connectivity index (χ1) is 22.9. The van der Waals surface area contributed by atoms with Crippen LogP contribution in [-0.4, -0.2) is 0 Å². The third-order valence-electron chi connectivity index (χ3n) is 10.7. The summed E-state index contributed by atoms with van der Waals surface area (Å²) >= 11 is 0. The van der Waals surface area contributed by atoms with Gasteiger partial charge in [0.05, 0.1) is 0 Å². The molecule has 0 aromatic heterocycles. The Bertz CT molecular complexity index is 2440. The maximum atomic E-state index is 2.48. The Morgan fingerprint density at radius 3 is 1.47 bits per heavy atom. The summed E-state index contributed by atoms with van der Waals surface area (Å²) in [5.41, 5.74) is 17.1. The van der Waals surface area contributed by atoms with Crippen LogP contribution in [0.2, 0.25) is 0 Å². The third-order valence-corrected chi connectivity index (χ3v) is 10.7. The number of benzene rings is 8. The molecule has 0 aliphatic carbocycles. The van der Waals surface area contributed by atoms with Crippen LogP contribution >= 0.6 is 0 Å². The second kappa shape index (κ2) is 11.4. The minimum Gasteiger partial charge on any atom is -0.0622 e. The molecular weight excluding hydrogens is 565 g/mol. The van der Waals surface area contributed by atoms with Crippen molar-refractivity contribution in [1.29, 1.82) is 0 Å². The Kier molecular flexibility index (Phi) is 7.03. The predicted molar refractivity (Wildman–Crippen MR) is 204 cm³/mol. The van der Waals surface area contributed by atoms with Gasteiger partial charge in [0.1, 0.15) is 0 Å². The molecule has 8 aromatic rings. The van der Waals surface area contributed by atoms with Gasteiger partial charge in [0, 0.05) is 0 Å². The van der Waals surface area contributed by atoms with Gasteiger partial charge in [0.2, 0.25) is 0 Å². The van der Waals surface area contributed by atoms with Gasteiger partial charge in [-0.05, 0) is 145 Å². The van der Waals surface area contributed by atoms with Crippen LogP contribution in [0.4, 0.5) is 0 Å². The highest BCUT2D eigenvalue weighted by atomic mass is 14.2. The topological polar surface area (TPSA) is 0 Å². The van der Waals surface area contributed by atoms with Crippen molar-refractivity contribution in [3.8, 4) is 44.5 Å². The van der Waals surface area contributed by atoms with E-state index in [9.17, 15) is 0 Å². The molecule has 0 N–H and O–H groups in total. The van der Waals surface area contributed by atoms with E-state index in [2.05, 4.69) is 174 Å². The number of rotatable bonds is 4. The van der Waals surface area contributed by atoms with Crippen molar-refractivity contribution in [3.63, 3.8) is 0 Å². The lowest BCUT2D eigenvalue weighted by atomic mass is 9.82. The van der Waals surface area contributed by atoms with Gasteiger partial charge in [-0.1, -0.05) is 133 Å². The van der Waals surface area contributed by atoms with Crippen molar-refractivity contribution in [2.24, 2.45) is 0 Å². The van der Waals surface area contributed by atoms with E-state index in [1.54, 1.807) is 0 Å². The van der Waals surface area contributed by atoms with E-state index in [0.717, 1.165) is 0 Å². The Hall–Kier alpha value is -5.46. The van der Waals surface area contributed by atoms with Gasteiger partial charge in [0.25, 0.3) is 0 Å². The molecule has 0 aliphatic heterocycles. The number of hydrogen-bond acceptors (Lipinski definition) is 0. The van der Waals surface area contributed by atoms with E-state index in [0.29, 0.717) is 0 Å². The van der Waals surface area contributed by atoms with Gasteiger partial charge in [-0.3, -0.25) is 0 Å². The Labute approximate surface area is 278 Å². The molecular formula is C47H38. The fourth-order valence-electron chi connectivity index (χ4n) is 7.77. The van der Waals surface area contributed by atoms with Crippen molar-refractivity contribution in [2.75, 3.05) is 0 Å². The first kappa shape index (κ1) is 29.0. The summed E-state index contributed by atoms with van der Waals surface area (Å²) in [7, 11) is 0. The quantitative estimate of drug-likeness (QED) is 0.176. The molecule has 0 nitrogen and oxygen atoms in total. The van der Waals surface area contributed by atoms with E-state index in [-0.39, 0.29) is 0 Å². The highest BCUT2D eigenvalue weighted by Crippen LogP contribution is 2.47. The molecule has 0 aliphatic rings. The van der Waals surface area contributed by atoms with Crippen LogP contribution in [0, 0.1) is 34.6 Å². The first-order valence-corrected chi connectivity index (χ1v) is 16.6. The van der Waals surface area contributed by atoms with Crippen LogP contribution in [0.3, 0.4) is 0 Å². The van der Waals surface area contributed by atoms with Gasteiger partial charge in [-0.2, -0.15) is 0 Å². The Morgan fingerprint density at radius 1 is 0.277 bits per heavy atom. The van der Waals surface area contributed by atoms with Gasteiger partial charge >= 0.3 is 0 Å². The second-order valence-electron chi connectivity index (χ2n) is 13.0. The molecule has 0 bridgehead atoms. The molecule has 8 rings (SSSR count). The monoisotopic (exact) mass is 602 g/mol. The van der Waals surface area contributed by atoms with Crippen molar-refractivity contribution in [3.05, 3.63) is 167 Å². The van der Waals surface area contributed by atoms with Crippen LogP contribution in [0.5, 0.6) is 0 Å². The molecule has 0 fully saturated rings. The molecule has 0 spiro atoms. The summed E-state index contributed by atoms with van der Waals surface area (Å²) in [5, 5.41) is 7.66.